The van der Waals surface area contributed by atoms with E-state index in [1.54, 1.807) is 29.0 Å². The average molecular weight is 304 g/mol. The molecule has 5 heteroatoms. The van der Waals surface area contributed by atoms with E-state index in [4.69, 9.17) is 0 Å². The van der Waals surface area contributed by atoms with E-state index in [0.717, 1.165) is 29.7 Å². The third kappa shape index (κ3) is 2.97. The molecule has 1 aliphatic rings. The maximum Gasteiger partial charge on any atom is 0.230 e. The van der Waals surface area contributed by atoms with Gasteiger partial charge in [-0.3, -0.25) is 9.78 Å². The van der Waals surface area contributed by atoms with E-state index in [9.17, 15) is 9.18 Å². The van der Waals surface area contributed by atoms with E-state index >= 15 is 0 Å². The summed E-state index contributed by atoms with van der Waals surface area (Å²) in [6.07, 6.45) is 4.28. The summed E-state index contributed by atoms with van der Waals surface area (Å²) < 4.78 is 13.0. The smallest absolute Gasteiger partial charge is 0.230 e. The third-order valence-electron chi connectivity index (χ3n) is 3.95. The molecule has 3 rings (SSSR count). The lowest BCUT2D eigenvalue weighted by Gasteiger charge is -2.19. The molecule has 0 bridgehead atoms. The average Bonchev–Trinajstić information content (AvgIpc) is 3.12. The first-order chi connectivity index (χ1) is 10.1. The Morgan fingerprint density at radius 2 is 2.14 bits per heavy atom. The fourth-order valence-corrected chi connectivity index (χ4v) is 3.32. The van der Waals surface area contributed by atoms with Crippen molar-refractivity contribution in [1.29, 1.82) is 0 Å². The number of nitrogens with zero attached hydrogens (tertiary/aromatic N) is 1. The van der Waals surface area contributed by atoms with Crippen LogP contribution in [0.2, 0.25) is 0 Å². The van der Waals surface area contributed by atoms with Gasteiger partial charge < -0.3 is 5.32 Å². The second-order valence-electron chi connectivity index (χ2n) is 5.64. The molecule has 1 aromatic heterocycles. The van der Waals surface area contributed by atoms with Crippen molar-refractivity contribution in [2.75, 3.05) is 0 Å². The lowest BCUT2D eigenvalue weighted by atomic mass is 9.94. The molecule has 1 saturated carbocycles. The topological polar surface area (TPSA) is 42.0 Å². The SMILES string of the molecule is C[C@@H](Cc1cncs1)NC(=O)C1(c2ccc(F)cc2)CC1. The first-order valence-corrected chi connectivity index (χ1v) is 7.92. The lowest BCUT2D eigenvalue weighted by Crippen LogP contribution is -2.41. The Kier molecular flexibility index (Phi) is 3.76. The predicted molar refractivity (Wildman–Crippen MR) is 80.7 cm³/mol. The molecule has 0 radical (unpaired) electrons. The summed E-state index contributed by atoms with van der Waals surface area (Å²) in [5.74, 6) is -0.223. The van der Waals surface area contributed by atoms with Gasteiger partial charge in [-0.25, -0.2) is 4.39 Å². The van der Waals surface area contributed by atoms with E-state index in [1.807, 2.05) is 13.1 Å². The molecule has 21 heavy (non-hydrogen) atoms. The van der Waals surface area contributed by atoms with Gasteiger partial charge in [0, 0.05) is 23.5 Å². The molecule has 1 aliphatic carbocycles. The minimum atomic E-state index is -0.449. The minimum Gasteiger partial charge on any atom is -0.353 e. The Morgan fingerprint density at radius 3 is 2.71 bits per heavy atom. The van der Waals surface area contributed by atoms with Gasteiger partial charge in [0.1, 0.15) is 5.82 Å². The van der Waals surface area contributed by atoms with Gasteiger partial charge in [0.25, 0.3) is 0 Å². The molecular weight excluding hydrogens is 287 g/mol. The summed E-state index contributed by atoms with van der Waals surface area (Å²) in [6.45, 7) is 2.00. The predicted octanol–water partition coefficient (Wildman–Crippen LogP) is 3.06. The van der Waals surface area contributed by atoms with Crippen molar-refractivity contribution in [3.8, 4) is 0 Å². The van der Waals surface area contributed by atoms with Crippen molar-refractivity contribution in [3.63, 3.8) is 0 Å². The highest BCUT2D eigenvalue weighted by Gasteiger charge is 2.51. The number of benzene rings is 1. The van der Waals surface area contributed by atoms with Crippen molar-refractivity contribution in [2.45, 2.75) is 37.6 Å². The second kappa shape index (κ2) is 5.56. The fraction of sp³-hybridized carbons (Fsp3) is 0.375. The van der Waals surface area contributed by atoms with Crippen molar-refractivity contribution in [3.05, 3.63) is 52.2 Å². The second-order valence-corrected chi connectivity index (χ2v) is 6.61. The van der Waals surface area contributed by atoms with Crippen LogP contribution in [0.1, 0.15) is 30.2 Å². The number of carbonyl (C=O) groups excluding carboxylic acids is 1. The summed E-state index contributed by atoms with van der Waals surface area (Å²) in [7, 11) is 0. The normalized spacial score (nSPS) is 17.2. The highest BCUT2D eigenvalue weighted by Crippen LogP contribution is 2.48. The van der Waals surface area contributed by atoms with E-state index in [1.165, 1.54) is 12.1 Å². The molecule has 2 aromatic rings. The zero-order chi connectivity index (χ0) is 14.9. The van der Waals surface area contributed by atoms with Crippen molar-refractivity contribution in [2.24, 2.45) is 0 Å². The largest absolute Gasteiger partial charge is 0.353 e. The fourth-order valence-electron chi connectivity index (χ4n) is 2.60. The van der Waals surface area contributed by atoms with Crippen LogP contribution in [0.5, 0.6) is 0 Å². The highest BCUT2D eigenvalue weighted by atomic mass is 32.1. The standard InChI is InChI=1S/C16H17FN2OS/c1-11(8-14-9-18-10-21-14)19-15(20)16(6-7-16)12-2-4-13(17)5-3-12/h2-5,9-11H,6-8H2,1H3,(H,19,20)/t11-/m0/s1. The lowest BCUT2D eigenvalue weighted by molar-refractivity contribution is -0.124. The Hall–Kier alpha value is -1.75. The Labute approximate surface area is 127 Å². The maximum absolute atomic E-state index is 13.0. The summed E-state index contributed by atoms with van der Waals surface area (Å²) >= 11 is 1.60. The monoisotopic (exact) mass is 304 g/mol. The van der Waals surface area contributed by atoms with Crippen LogP contribution in [-0.4, -0.2) is 16.9 Å². The molecule has 1 heterocycles. The number of halogens is 1. The van der Waals surface area contributed by atoms with Crippen LogP contribution in [0, 0.1) is 5.82 Å². The van der Waals surface area contributed by atoms with Crippen LogP contribution in [0.4, 0.5) is 4.39 Å². The van der Waals surface area contributed by atoms with Crippen LogP contribution in [-0.2, 0) is 16.6 Å². The third-order valence-corrected chi connectivity index (χ3v) is 4.75. The van der Waals surface area contributed by atoms with Crippen molar-refractivity contribution < 1.29 is 9.18 Å². The van der Waals surface area contributed by atoms with Gasteiger partial charge in [0.2, 0.25) is 5.91 Å². The summed E-state index contributed by atoms with van der Waals surface area (Å²) in [5, 5.41) is 3.08. The zero-order valence-electron chi connectivity index (χ0n) is 11.8. The Balaban J connectivity index is 1.66. The number of rotatable bonds is 5. The zero-order valence-corrected chi connectivity index (χ0v) is 12.6. The number of aromatic nitrogens is 1. The molecule has 1 amide bonds. The van der Waals surface area contributed by atoms with Crippen LogP contribution < -0.4 is 5.32 Å². The quantitative estimate of drug-likeness (QED) is 0.922. The van der Waals surface area contributed by atoms with Gasteiger partial charge in [-0.1, -0.05) is 12.1 Å². The van der Waals surface area contributed by atoms with E-state index in [0.29, 0.717) is 0 Å². The number of nitrogens with one attached hydrogen (secondary N) is 1. The van der Waals surface area contributed by atoms with Crippen molar-refractivity contribution in [1.82, 2.24) is 10.3 Å². The molecule has 3 nitrogen and oxygen atoms in total. The molecule has 0 unspecified atom stereocenters. The van der Waals surface area contributed by atoms with Gasteiger partial charge in [-0.05, 0) is 37.5 Å². The van der Waals surface area contributed by atoms with Gasteiger partial charge in [0.15, 0.2) is 0 Å². The van der Waals surface area contributed by atoms with Gasteiger partial charge >= 0.3 is 0 Å². The first kappa shape index (κ1) is 14.2. The van der Waals surface area contributed by atoms with E-state index in [2.05, 4.69) is 10.3 Å². The molecule has 110 valence electrons. The number of thiazole rings is 1. The minimum absolute atomic E-state index is 0.0473. The summed E-state index contributed by atoms with van der Waals surface area (Å²) in [4.78, 5) is 17.7. The van der Waals surface area contributed by atoms with Crippen LogP contribution >= 0.6 is 11.3 Å². The maximum atomic E-state index is 13.0. The molecule has 1 aromatic carbocycles. The number of hydrogen-bond donors (Lipinski definition) is 1. The highest BCUT2D eigenvalue weighted by molar-refractivity contribution is 7.09. The Morgan fingerprint density at radius 1 is 1.43 bits per heavy atom. The van der Waals surface area contributed by atoms with Crippen LogP contribution in [0.25, 0.3) is 0 Å². The van der Waals surface area contributed by atoms with Crippen LogP contribution in [0.3, 0.4) is 0 Å². The van der Waals surface area contributed by atoms with Gasteiger partial charge in [-0.15, -0.1) is 11.3 Å². The Bertz CT molecular complexity index is 620. The number of carbonyl (C=O) groups is 1. The molecule has 1 fully saturated rings. The molecule has 0 saturated heterocycles. The van der Waals surface area contributed by atoms with Crippen molar-refractivity contribution >= 4 is 17.2 Å². The van der Waals surface area contributed by atoms with Gasteiger partial charge in [0.05, 0.1) is 10.9 Å². The molecule has 0 aliphatic heterocycles. The molecule has 1 N–H and O–H groups in total. The first-order valence-electron chi connectivity index (χ1n) is 7.04. The van der Waals surface area contributed by atoms with Gasteiger partial charge in [-0.2, -0.15) is 0 Å². The number of hydrogen-bond acceptors (Lipinski definition) is 3. The summed E-state index contributed by atoms with van der Waals surface area (Å²) in [5.41, 5.74) is 2.26. The molecule has 0 spiro atoms. The molecular formula is C16H17FN2OS. The molecule has 1 atom stereocenters. The summed E-state index contributed by atoms with van der Waals surface area (Å²) in [6, 6.07) is 6.34. The number of amides is 1. The van der Waals surface area contributed by atoms with E-state index < -0.39 is 5.41 Å². The van der Waals surface area contributed by atoms with Crippen LogP contribution in [0.15, 0.2) is 36.0 Å². The van der Waals surface area contributed by atoms with E-state index in [-0.39, 0.29) is 17.8 Å².